The number of methoxy groups -OCH3 is 1. The molecule has 0 atom stereocenters. The number of aromatic nitrogens is 3. The maximum atomic E-state index is 12.9. The van der Waals surface area contributed by atoms with Gasteiger partial charge in [0.1, 0.15) is 11.4 Å². The highest BCUT2D eigenvalue weighted by atomic mass is 32.2. The minimum absolute atomic E-state index is 0.0935. The first-order valence-electron chi connectivity index (χ1n) is 9.40. The van der Waals surface area contributed by atoms with E-state index in [1.807, 2.05) is 13.8 Å². The van der Waals surface area contributed by atoms with Crippen LogP contribution >= 0.6 is 11.8 Å². The minimum atomic E-state index is -0.439. The van der Waals surface area contributed by atoms with Crippen LogP contribution in [-0.4, -0.2) is 32.9 Å². The number of anilines is 1. The van der Waals surface area contributed by atoms with E-state index in [9.17, 15) is 14.4 Å². The number of ether oxygens (including phenoxy) is 1. The van der Waals surface area contributed by atoms with Crippen LogP contribution in [0, 0.1) is 0 Å². The van der Waals surface area contributed by atoms with E-state index in [1.165, 1.54) is 23.4 Å². The first-order valence-corrected chi connectivity index (χ1v) is 10.4. The van der Waals surface area contributed by atoms with Crippen molar-refractivity contribution in [2.75, 3.05) is 18.2 Å². The van der Waals surface area contributed by atoms with Gasteiger partial charge in [0.2, 0.25) is 5.91 Å². The summed E-state index contributed by atoms with van der Waals surface area (Å²) in [5.41, 5.74) is 0.973. The number of fused-ring (bicyclic) bond motifs is 1. The summed E-state index contributed by atoms with van der Waals surface area (Å²) in [4.78, 5) is 42.7. The molecule has 1 aromatic carbocycles. The fraction of sp³-hybridized carbons (Fsp3) is 0.333. The Labute approximate surface area is 177 Å². The standard InChI is InChI=1S/C21H24N4O4S/c1-12(2)15-10-22-19-17(20(27)25(4)21(28)24(19)3)18(15)30-11-16(26)23-13-6-8-14(29-5)9-7-13/h6-10,12H,11H2,1-5H3,(H,23,26). The van der Waals surface area contributed by atoms with E-state index < -0.39 is 11.2 Å². The Bertz CT molecular complexity index is 1210. The molecule has 0 bridgehead atoms. The van der Waals surface area contributed by atoms with Gasteiger partial charge in [0, 0.05) is 30.9 Å². The van der Waals surface area contributed by atoms with Crippen LogP contribution in [0.15, 0.2) is 44.9 Å². The highest BCUT2D eigenvalue weighted by Gasteiger charge is 2.20. The van der Waals surface area contributed by atoms with E-state index >= 15 is 0 Å². The van der Waals surface area contributed by atoms with E-state index in [0.29, 0.717) is 27.4 Å². The van der Waals surface area contributed by atoms with Crippen LogP contribution in [0.4, 0.5) is 5.69 Å². The smallest absolute Gasteiger partial charge is 0.332 e. The maximum Gasteiger partial charge on any atom is 0.332 e. The molecule has 3 aromatic rings. The lowest BCUT2D eigenvalue weighted by molar-refractivity contribution is -0.113. The molecule has 0 aliphatic heterocycles. The molecular weight excluding hydrogens is 404 g/mol. The average Bonchev–Trinajstić information content (AvgIpc) is 2.74. The SMILES string of the molecule is COc1ccc(NC(=O)CSc2c(C(C)C)cnc3c2c(=O)n(C)c(=O)n3C)cc1. The van der Waals surface area contributed by atoms with Crippen LogP contribution in [0.1, 0.15) is 25.3 Å². The lowest BCUT2D eigenvalue weighted by Gasteiger charge is -2.16. The van der Waals surface area contributed by atoms with Crippen LogP contribution in [0.25, 0.3) is 11.0 Å². The minimum Gasteiger partial charge on any atom is -0.497 e. The molecule has 3 rings (SSSR count). The van der Waals surface area contributed by atoms with Crippen molar-refractivity contribution in [2.45, 2.75) is 24.7 Å². The second-order valence-electron chi connectivity index (χ2n) is 7.17. The number of thioether (sulfide) groups is 1. The van der Waals surface area contributed by atoms with Gasteiger partial charge >= 0.3 is 5.69 Å². The lowest BCUT2D eigenvalue weighted by Crippen LogP contribution is -2.37. The zero-order chi connectivity index (χ0) is 22.0. The molecule has 1 N–H and O–H groups in total. The Hall–Kier alpha value is -3.07. The fourth-order valence-electron chi connectivity index (χ4n) is 3.09. The van der Waals surface area contributed by atoms with Crippen molar-refractivity contribution in [3.8, 4) is 5.75 Å². The van der Waals surface area contributed by atoms with E-state index in [1.54, 1.807) is 44.6 Å². The Kier molecular flexibility index (Phi) is 6.31. The Morgan fingerprint density at radius 3 is 2.43 bits per heavy atom. The number of rotatable bonds is 6. The highest BCUT2D eigenvalue weighted by molar-refractivity contribution is 8.00. The van der Waals surface area contributed by atoms with Gasteiger partial charge < -0.3 is 10.1 Å². The third-order valence-electron chi connectivity index (χ3n) is 4.79. The summed E-state index contributed by atoms with van der Waals surface area (Å²) < 4.78 is 7.53. The molecule has 9 heteroatoms. The van der Waals surface area contributed by atoms with Gasteiger partial charge in [0.05, 0.1) is 18.2 Å². The molecule has 0 unspecified atom stereocenters. The van der Waals surface area contributed by atoms with Gasteiger partial charge in [-0.05, 0) is 35.7 Å². The number of hydrogen-bond acceptors (Lipinski definition) is 6. The number of benzene rings is 1. The van der Waals surface area contributed by atoms with E-state index in [0.717, 1.165) is 10.1 Å². The Morgan fingerprint density at radius 2 is 1.83 bits per heavy atom. The maximum absolute atomic E-state index is 12.9. The largest absolute Gasteiger partial charge is 0.497 e. The van der Waals surface area contributed by atoms with Crippen molar-refractivity contribution in [1.29, 1.82) is 0 Å². The van der Waals surface area contributed by atoms with E-state index in [2.05, 4.69) is 10.3 Å². The van der Waals surface area contributed by atoms with Crippen molar-refractivity contribution in [3.05, 3.63) is 56.9 Å². The quantitative estimate of drug-likeness (QED) is 0.606. The first-order chi connectivity index (χ1) is 14.2. The molecule has 8 nitrogen and oxygen atoms in total. The summed E-state index contributed by atoms with van der Waals surface area (Å²) in [6.07, 6.45) is 1.68. The monoisotopic (exact) mass is 428 g/mol. The number of amides is 1. The fourth-order valence-corrected chi connectivity index (χ4v) is 4.22. The molecule has 0 spiro atoms. The number of hydrogen-bond donors (Lipinski definition) is 1. The van der Waals surface area contributed by atoms with Gasteiger partial charge in [-0.15, -0.1) is 11.8 Å². The van der Waals surface area contributed by atoms with Crippen molar-refractivity contribution in [2.24, 2.45) is 14.1 Å². The summed E-state index contributed by atoms with van der Waals surface area (Å²) in [6.45, 7) is 3.99. The number of carbonyl (C=O) groups excluding carboxylic acids is 1. The second-order valence-corrected chi connectivity index (χ2v) is 8.15. The number of aryl methyl sites for hydroxylation is 1. The zero-order valence-electron chi connectivity index (χ0n) is 17.6. The number of nitrogens with one attached hydrogen (secondary N) is 1. The summed E-state index contributed by atoms with van der Waals surface area (Å²) >= 11 is 1.27. The average molecular weight is 429 g/mol. The van der Waals surface area contributed by atoms with Gasteiger partial charge in [0.25, 0.3) is 5.56 Å². The number of nitrogens with zero attached hydrogens (tertiary/aromatic N) is 3. The van der Waals surface area contributed by atoms with Crippen LogP contribution in [-0.2, 0) is 18.9 Å². The van der Waals surface area contributed by atoms with Crippen molar-refractivity contribution >= 4 is 34.4 Å². The summed E-state index contributed by atoms with van der Waals surface area (Å²) in [5, 5.41) is 3.19. The second kappa shape index (κ2) is 8.74. The Morgan fingerprint density at radius 1 is 1.17 bits per heavy atom. The predicted molar refractivity (Wildman–Crippen MR) is 119 cm³/mol. The van der Waals surface area contributed by atoms with Crippen LogP contribution in [0.5, 0.6) is 5.75 Å². The highest BCUT2D eigenvalue weighted by Crippen LogP contribution is 2.32. The third-order valence-corrected chi connectivity index (χ3v) is 5.93. The molecule has 0 saturated heterocycles. The van der Waals surface area contributed by atoms with Gasteiger partial charge in [-0.1, -0.05) is 13.8 Å². The van der Waals surface area contributed by atoms with Crippen molar-refractivity contribution in [1.82, 2.24) is 14.1 Å². The molecule has 0 fully saturated rings. The molecule has 0 radical (unpaired) electrons. The van der Waals surface area contributed by atoms with Gasteiger partial charge in [-0.25, -0.2) is 9.78 Å². The molecule has 0 saturated carbocycles. The van der Waals surface area contributed by atoms with E-state index in [4.69, 9.17) is 4.74 Å². The van der Waals surface area contributed by atoms with Crippen LogP contribution in [0.2, 0.25) is 0 Å². The Balaban J connectivity index is 1.95. The zero-order valence-corrected chi connectivity index (χ0v) is 18.4. The predicted octanol–water partition coefficient (Wildman–Crippen LogP) is 2.50. The van der Waals surface area contributed by atoms with Gasteiger partial charge in [0.15, 0.2) is 0 Å². The van der Waals surface area contributed by atoms with Crippen molar-refractivity contribution in [3.63, 3.8) is 0 Å². The molecule has 1 amide bonds. The van der Waals surface area contributed by atoms with Crippen LogP contribution < -0.4 is 21.3 Å². The van der Waals surface area contributed by atoms with Gasteiger partial charge in [-0.2, -0.15) is 0 Å². The molecular formula is C21H24N4O4S. The molecule has 30 heavy (non-hydrogen) atoms. The lowest BCUT2D eigenvalue weighted by atomic mass is 10.0. The van der Waals surface area contributed by atoms with Crippen LogP contribution in [0.3, 0.4) is 0 Å². The normalized spacial score (nSPS) is 11.1. The molecule has 2 aromatic heterocycles. The van der Waals surface area contributed by atoms with E-state index in [-0.39, 0.29) is 17.6 Å². The molecule has 0 aliphatic rings. The topological polar surface area (TPSA) is 95.2 Å². The number of carbonyl (C=O) groups is 1. The van der Waals surface area contributed by atoms with Gasteiger partial charge in [-0.3, -0.25) is 18.7 Å². The summed E-state index contributed by atoms with van der Waals surface area (Å²) in [5.74, 6) is 0.702. The number of pyridine rings is 1. The summed E-state index contributed by atoms with van der Waals surface area (Å²) in [7, 11) is 4.60. The van der Waals surface area contributed by atoms with Crippen molar-refractivity contribution < 1.29 is 9.53 Å². The molecule has 0 aliphatic carbocycles. The molecule has 2 heterocycles. The molecule has 158 valence electrons. The first kappa shape index (κ1) is 21.6. The summed E-state index contributed by atoms with van der Waals surface area (Å²) in [6, 6.07) is 7.04. The third kappa shape index (κ3) is 4.11.